The quantitative estimate of drug-likeness (QED) is 0.527. The van der Waals surface area contributed by atoms with E-state index in [1.807, 2.05) is 19.1 Å². The van der Waals surface area contributed by atoms with Gasteiger partial charge in [-0.25, -0.2) is 13.6 Å². The largest absolute Gasteiger partial charge is 0.322 e. The lowest BCUT2D eigenvalue weighted by Gasteiger charge is -2.37. The summed E-state index contributed by atoms with van der Waals surface area (Å²) in [6.07, 6.45) is -0.161. The van der Waals surface area contributed by atoms with Crippen LogP contribution in [-0.4, -0.2) is 26.0 Å². The van der Waals surface area contributed by atoms with E-state index in [-0.39, 0.29) is 29.2 Å². The third kappa shape index (κ3) is 4.75. The summed E-state index contributed by atoms with van der Waals surface area (Å²) >= 11 is 0. The van der Waals surface area contributed by atoms with Crippen LogP contribution in [-0.2, 0) is 19.6 Å². The summed E-state index contributed by atoms with van der Waals surface area (Å²) in [7, 11) is -4.01. The second kappa shape index (κ2) is 9.20. The Morgan fingerprint density at radius 1 is 0.971 bits per heavy atom. The Bertz CT molecular complexity index is 1370. The number of aryl methyl sites for hydroxylation is 1. The van der Waals surface area contributed by atoms with E-state index in [4.69, 9.17) is 5.14 Å². The van der Waals surface area contributed by atoms with Crippen LogP contribution in [0.25, 0.3) is 0 Å². The molecule has 8 nitrogen and oxygen atoms in total. The molecule has 1 aliphatic rings. The van der Waals surface area contributed by atoms with Crippen molar-refractivity contribution in [2.45, 2.75) is 30.7 Å². The SMILES string of the molecule is Cc1ccc(C(=O)CCC(=O)N2c3ccc(S(N)(=O)=O)cc3NC(=O)C2c2ccccc2)cc1. The number of carbonyl (C=O) groups excluding carboxylic acids is 3. The maximum atomic E-state index is 13.4. The van der Waals surface area contributed by atoms with Crippen molar-refractivity contribution in [1.82, 2.24) is 0 Å². The average molecular weight is 478 g/mol. The molecule has 34 heavy (non-hydrogen) atoms. The number of hydrogen-bond acceptors (Lipinski definition) is 5. The molecule has 0 spiro atoms. The fourth-order valence-electron chi connectivity index (χ4n) is 3.90. The molecule has 3 N–H and O–H groups in total. The Hall–Kier alpha value is -3.82. The number of sulfonamides is 1. The smallest absolute Gasteiger partial charge is 0.252 e. The van der Waals surface area contributed by atoms with Gasteiger partial charge in [-0.2, -0.15) is 0 Å². The second-order valence-corrected chi connectivity index (χ2v) is 9.64. The summed E-state index contributed by atoms with van der Waals surface area (Å²) in [4.78, 5) is 40.2. The number of Topliss-reactive ketones (excluding diaryl/α,β-unsaturated/α-hetero) is 1. The van der Waals surface area contributed by atoms with Crippen molar-refractivity contribution in [3.05, 3.63) is 89.5 Å². The van der Waals surface area contributed by atoms with Crippen molar-refractivity contribution in [2.24, 2.45) is 5.14 Å². The molecule has 0 radical (unpaired) electrons. The number of rotatable bonds is 6. The highest BCUT2D eigenvalue weighted by atomic mass is 32.2. The Balaban J connectivity index is 1.68. The van der Waals surface area contributed by atoms with Crippen LogP contribution in [0.2, 0.25) is 0 Å². The Labute approximate surface area is 197 Å². The fourth-order valence-corrected chi connectivity index (χ4v) is 4.44. The summed E-state index contributed by atoms with van der Waals surface area (Å²) in [6, 6.07) is 18.8. The number of anilines is 2. The number of amides is 2. The normalized spacial score (nSPS) is 15.4. The molecule has 3 aromatic rings. The molecule has 4 rings (SSSR count). The van der Waals surface area contributed by atoms with Crippen LogP contribution in [0.15, 0.2) is 77.7 Å². The van der Waals surface area contributed by atoms with E-state index in [1.165, 1.54) is 23.1 Å². The monoisotopic (exact) mass is 477 g/mol. The van der Waals surface area contributed by atoms with Gasteiger partial charge in [0.2, 0.25) is 15.9 Å². The second-order valence-electron chi connectivity index (χ2n) is 8.08. The van der Waals surface area contributed by atoms with Crippen molar-refractivity contribution >= 4 is 39.0 Å². The van der Waals surface area contributed by atoms with Crippen LogP contribution >= 0.6 is 0 Å². The lowest BCUT2D eigenvalue weighted by molar-refractivity contribution is -0.124. The van der Waals surface area contributed by atoms with Crippen LogP contribution in [0.5, 0.6) is 0 Å². The third-order valence-corrected chi connectivity index (χ3v) is 6.55. The van der Waals surface area contributed by atoms with Gasteiger partial charge in [-0.05, 0) is 30.7 Å². The number of nitrogens with one attached hydrogen (secondary N) is 1. The van der Waals surface area contributed by atoms with Crippen LogP contribution in [0.1, 0.15) is 40.4 Å². The first-order chi connectivity index (χ1) is 16.1. The third-order valence-electron chi connectivity index (χ3n) is 5.64. The maximum Gasteiger partial charge on any atom is 0.252 e. The van der Waals surface area contributed by atoms with Gasteiger partial charge in [0.1, 0.15) is 6.04 Å². The highest BCUT2D eigenvalue weighted by molar-refractivity contribution is 7.89. The molecule has 2 amide bonds. The first kappa shape index (κ1) is 23.3. The molecule has 0 saturated carbocycles. The van der Waals surface area contributed by atoms with E-state index >= 15 is 0 Å². The molecule has 3 aromatic carbocycles. The number of carbonyl (C=O) groups is 3. The molecule has 1 unspecified atom stereocenters. The Morgan fingerprint density at radius 3 is 2.29 bits per heavy atom. The molecule has 0 saturated heterocycles. The molecular weight excluding hydrogens is 454 g/mol. The van der Waals surface area contributed by atoms with Crippen molar-refractivity contribution in [1.29, 1.82) is 0 Å². The van der Waals surface area contributed by atoms with Gasteiger partial charge in [0.05, 0.1) is 16.3 Å². The molecular formula is C25H23N3O5S. The predicted molar refractivity (Wildman–Crippen MR) is 128 cm³/mol. The Morgan fingerprint density at radius 2 is 1.65 bits per heavy atom. The molecule has 0 aliphatic carbocycles. The summed E-state index contributed by atoms with van der Waals surface area (Å²) < 4.78 is 23.6. The number of nitrogens with two attached hydrogens (primary N) is 1. The molecule has 1 heterocycles. The van der Waals surface area contributed by atoms with Crippen LogP contribution in [0.4, 0.5) is 11.4 Å². The molecule has 174 valence electrons. The predicted octanol–water partition coefficient (Wildman–Crippen LogP) is 3.33. The Kier molecular flexibility index (Phi) is 6.32. The first-order valence-electron chi connectivity index (χ1n) is 10.6. The minimum absolute atomic E-state index is 0.0356. The zero-order chi connectivity index (χ0) is 24.5. The lowest BCUT2D eigenvalue weighted by Crippen LogP contribution is -2.45. The average Bonchev–Trinajstić information content (AvgIpc) is 2.81. The van der Waals surface area contributed by atoms with Crippen molar-refractivity contribution in [3.8, 4) is 0 Å². The van der Waals surface area contributed by atoms with Crippen molar-refractivity contribution in [2.75, 3.05) is 10.2 Å². The van der Waals surface area contributed by atoms with Crippen LogP contribution in [0, 0.1) is 6.92 Å². The van der Waals surface area contributed by atoms with Crippen LogP contribution < -0.4 is 15.4 Å². The zero-order valence-electron chi connectivity index (χ0n) is 18.4. The van der Waals surface area contributed by atoms with E-state index in [1.54, 1.807) is 42.5 Å². The minimum atomic E-state index is -4.01. The summed E-state index contributed by atoms with van der Waals surface area (Å²) in [6.45, 7) is 1.92. The van der Waals surface area contributed by atoms with Crippen molar-refractivity contribution in [3.63, 3.8) is 0 Å². The highest BCUT2D eigenvalue weighted by Crippen LogP contribution is 2.40. The van der Waals surface area contributed by atoms with Gasteiger partial charge in [0.25, 0.3) is 5.91 Å². The van der Waals surface area contributed by atoms with E-state index in [2.05, 4.69) is 5.32 Å². The number of benzene rings is 3. The zero-order valence-corrected chi connectivity index (χ0v) is 19.2. The molecule has 9 heteroatoms. The summed E-state index contributed by atoms with van der Waals surface area (Å²) in [5.41, 5.74) is 2.59. The fraction of sp³-hybridized carbons (Fsp3) is 0.160. The topological polar surface area (TPSA) is 127 Å². The first-order valence-corrected chi connectivity index (χ1v) is 12.1. The number of primary sulfonamides is 1. The molecule has 1 atom stereocenters. The van der Waals surface area contributed by atoms with Gasteiger partial charge >= 0.3 is 0 Å². The van der Waals surface area contributed by atoms with Crippen molar-refractivity contribution < 1.29 is 22.8 Å². The molecule has 0 aromatic heterocycles. The lowest BCUT2D eigenvalue weighted by atomic mass is 9.98. The van der Waals surface area contributed by atoms with E-state index in [0.717, 1.165) is 5.56 Å². The van der Waals surface area contributed by atoms with Gasteiger partial charge in [0.15, 0.2) is 5.78 Å². The number of fused-ring (bicyclic) bond motifs is 1. The van der Waals surface area contributed by atoms with E-state index < -0.39 is 27.9 Å². The van der Waals surface area contributed by atoms with E-state index in [9.17, 15) is 22.8 Å². The standard InChI is InChI=1S/C25H23N3O5S/c1-16-7-9-17(10-8-16)22(29)13-14-23(30)28-21-12-11-19(34(26,32)33)15-20(21)27-25(31)24(28)18-5-3-2-4-6-18/h2-12,15,24H,13-14H2,1H3,(H,27,31)(H2,26,32,33). The molecule has 1 aliphatic heterocycles. The number of ketones is 1. The van der Waals surface area contributed by atoms with Gasteiger partial charge in [0, 0.05) is 18.4 Å². The number of nitrogens with zero attached hydrogens (tertiary/aromatic N) is 1. The number of hydrogen-bond donors (Lipinski definition) is 2. The van der Waals surface area contributed by atoms with Gasteiger partial charge in [-0.1, -0.05) is 60.2 Å². The molecule has 0 bridgehead atoms. The van der Waals surface area contributed by atoms with Gasteiger partial charge in [-0.15, -0.1) is 0 Å². The van der Waals surface area contributed by atoms with Gasteiger partial charge in [-0.3, -0.25) is 19.3 Å². The molecule has 0 fully saturated rings. The summed E-state index contributed by atoms with van der Waals surface area (Å²) in [5.74, 6) is -1.12. The maximum absolute atomic E-state index is 13.4. The summed E-state index contributed by atoms with van der Waals surface area (Å²) in [5, 5.41) is 7.91. The minimum Gasteiger partial charge on any atom is -0.322 e. The van der Waals surface area contributed by atoms with Gasteiger partial charge < -0.3 is 5.32 Å². The van der Waals surface area contributed by atoms with E-state index in [0.29, 0.717) is 16.8 Å². The van der Waals surface area contributed by atoms with Crippen LogP contribution in [0.3, 0.4) is 0 Å². The highest BCUT2D eigenvalue weighted by Gasteiger charge is 2.38.